The van der Waals surface area contributed by atoms with E-state index in [1.54, 1.807) is 36.0 Å². The third-order valence-electron chi connectivity index (χ3n) is 6.48. The molecule has 4 heterocycles. The van der Waals surface area contributed by atoms with Gasteiger partial charge >= 0.3 is 5.97 Å². The molecule has 2 aliphatic rings. The molecule has 0 radical (unpaired) electrons. The maximum absolute atomic E-state index is 13.6. The summed E-state index contributed by atoms with van der Waals surface area (Å²) in [6.45, 7) is 5.84. The number of nitrogens with zero attached hydrogens (tertiary/aromatic N) is 5. The average Bonchev–Trinajstić information content (AvgIpc) is 3.28. The Kier molecular flexibility index (Phi) is 6.57. The number of amides is 1. The summed E-state index contributed by atoms with van der Waals surface area (Å²) in [5, 5.41) is 1.17. The molecule has 1 fully saturated rings. The summed E-state index contributed by atoms with van der Waals surface area (Å²) in [4.78, 5) is 38.2. The number of imidazole rings is 1. The van der Waals surface area contributed by atoms with E-state index in [-0.39, 0.29) is 24.2 Å². The molecule has 0 spiro atoms. The highest BCUT2D eigenvalue weighted by atomic mass is 35.5. The number of benzene rings is 1. The molecular formula is C24H25Cl2N5O4. The zero-order valence-electron chi connectivity index (χ0n) is 19.4. The fourth-order valence-electron chi connectivity index (χ4n) is 4.84. The van der Waals surface area contributed by atoms with Crippen LogP contribution in [0, 0.1) is 0 Å². The van der Waals surface area contributed by atoms with Crippen molar-refractivity contribution in [3.63, 3.8) is 0 Å². The van der Waals surface area contributed by atoms with Crippen molar-refractivity contribution in [1.82, 2.24) is 19.3 Å². The molecule has 2 aromatic heterocycles. The lowest BCUT2D eigenvalue weighted by Gasteiger charge is -2.40. The number of rotatable bonds is 4. The first-order valence-electron chi connectivity index (χ1n) is 11.5. The molecule has 1 saturated heterocycles. The Bertz CT molecular complexity index is 1300. The van der Waals surface area contributed by atoms with Gasteiger partial charge < -0.3 is 19.3 Å². The standard InChI is InChI=1S/C24H25Cl2N5O4/c1-3-34-24(33)18-12-31-20(28-18)10-27-11-21(31)29-6-7-35-19(13-29)23(32)30-5-4-15-8-16(25)9-17(26)22(15)14(30)2/h8-12,14,19H,3-7,13H2,1-2H3/t14-,19+/m0/s1. The summed E-state index contributed by atoms with van der Waals surface area (Å²) in [5.41, 5.74) is 2.73. The van der Waals surface area contributed by atoms with E-state index in [9.17, 15) is 9.59 Å². The van der Waals surface area contributed by atoms with Crippen molar-refractivity contribution in [2.45, 2.75) is 32.4 Å². The largest absolute Gasteiger partial charge is 0.461 e. The molecule has 2 aliphatic heterocycles. The van der Waals surface area contributed by atoms with Crippen molar-refractivity contribution in [2.24, 2.45) is 0 Å². The highest BCUT2D eigenvalue weighted by Gasteiger charge is 2.36. The second-order valence-corrected chi connectivity index (χ2v) is 9.41. The lowest BCUT2D eigenvalue weighted by molar-refractivity contribution is -0.147. The molecule has 5 rings (SSSR count). The molecule has 3 aromatic rings. The minimum Gasteiger partial charge on any atom is -0.461 e. The number of carbonyl (C=O) groups excluding carboxylic acids is 2. The third kappa shape index (κ3) is 4.44. The zero-order chi connectivity index (χ0) is 24.7. The van der Waals surface area contributed by atoms with Gasteiger partial charge in [-0.15, -0.1) is 0 Å². The number of ether oxygens (including phenoxy) is 2. The number of esters is 1. The Morgan fingerprint density at radius 1 is 1.23 bits per heavy atom. The molecule has 0 unspecified atom stereocenters. The number of hydrogen-bond donors (Lipinski definition) is 0. The lowest BCUT2D eigenvalue weighted by Crippen LogP contribution is -2.53. The number of fused-ring (bicyclic) bond motifs is 2. The van der Waals surface area contributed by atoms with Crippen LogP contribution in [0.15, 0.2) is 30.7 Å². The van der Waals surface area contributed by atoms with Crippen LogP contribution >= 0.6 is 23.2 Å². The molecular weight excluding hydrogens is 493 g/mol. The van der Waals surface area contributed by atoms with Crippen LogP contribution in [0.2, 0.25) is 10.0 Å². The Morgan fingerprint density at radius 3 is 2.86 bits per heavy atom. The van der Waals surface area contributed by atoms with Gasteiger partial charge in [-0.1, -0.05) is 23.2 Å². The summed E-state index contributed by atoms with van der Waals surface area (Å²) in [7, 11) is 0. The zero-order valence-corrected chi connectivity index (χ0v) is 20.9. The van der Waals surface area contributed by atoms with Crippen LogP contribution in [0.25, 0.3) is 5.65 Å². The topological polar surface area (TPSA) is 89.3 Å². The van der Waals surface area contributed by atoms with Crippen LogP contribution in [-0.2, 0) is 20.7 Å². The lowest BCUT2D eigenvalue weighted by atomic mass is 9.93. The van der Waals surface area contributed by atoms with Gasteiger partial charge in [0.25, 0.3) is 5.91 Å². The third-order valence-corrected chi connectivity index (χ3v) is 7.01. The summed E-state index contributed by atoms with van der Waals surface area (Å²) in [6.07, 6.45) is 4.93. The summed E-state index contributed by atoms with van der Waals surface area (Å²) < 4.78 is 12.8. The first-order valence-corrected chi connectivity index (χ1v) is 12.3. The van der Waals surface area contributed by atoms with Gasteiger partial charge in [0.2, 0.25) is 0 Å². The highest BCUT2D eigenvalue weighted by Crippen LogP contribution is 2.37. The number of hydrogen-bond acceptors (Lipinski definition) is 7. The molecule has 2 atom stereocenters. The van der Waals surface area contributed by atoms with E-state index in [0.717, 1.165) is 16.9 Å². The van der Waals surface area contributed by atoms with Crippen LogP contribution < -0.4 is 4.90 Å². The Labute approximate surface area is 212 Å². The van der Waals surface area contributed by atoms with Crippen LogP contribution in [0.4, 0.5) is 5.82 Å². The van der Waals surface area contributed by atoms with Crippen LogP contribution in [0.1, 0.15) is 41.5 Å². The predicted molar refractivity (Wildman–Crippen MR) is 131 cm³/mol. The van der Waals surface area contributed by atoms with Crippen LogP contribution in [0.3, 0.4) is 0 Å². The van der Waals surface area contributed by atoms with E-state index in [1.807, 2.05) is 22.8 Å². The van der Waals surface area contributed by atoms with Crippen LogP contribution in [0.5, 0.6) is 0 Å². The quantitative estimate of drug-likeness (QED) is 0.488. The van der Waals surface area contributed by atoms with Gasteiger partial charge in [0.05, 0.1) is 38.2 Å². The van der Waals surface area contributed by atoms with E-state index in [4.69, 9.17) is 32.7 Å². The van der Waals surface area contributed by atoms with Gasteiger partial charge in [-0.3, -0.25) is 14.2 Å². The van der Waals surface area contributed by atoms with E-state index >= 15 is 0 Å². The second kappa shape index (κ2) is 9.64. The molecule has 0 N–H and O–H groups in total. The normalized spacial score (nSPS) is 20.1. The van der Waals surface area contributed by atoms with Crippen molar-refractivity contribution < 1.29 is 19.1 Å². The predicted octanol–water partition coefficient (Wildman–Crippen LogP) is 3.56. The van der Waals surface area contributed by atoms with Gasteiger partial charge in [0.15, 0.2) is 17.4 Å². The maximum Gasteiger partial charge on any atom is 0.358 e. The monoisotopic (exact) mass is 517 g/mol. The number of morpholine rings is 1. The van der Waals surface area contributed by atoms with Crippen molar-refractivity contribution in [1.29, 1.82) is 0 Å². The molecule has 184 valence electrons. The molecule has 0 saturated carbocycles. The fraction of sp³-hybridized carbons (Fsp3) is 0.417. The summed E-state index contributed by atoms with van der Waals surface area (Å²) in [5.74, 6) is 0.148. The fourth-order valence-corrected chi connectivity index (χ4v) is 5.53. The SMILES string of the molecule is CCOC(=O)c1cn2c(N3CCO[C@@H](C(=O)N4CCc5cc(Cl)cc(Cl)c5[C@@H]4C)C3)cncc2n1. The molecule has 0 bridgehead atoms. The van der Waals surface area contributed by atoms with Crippen molar-refractivity contribution in [3.8, 4) is 0 Å². The summed E-state index contributed by atoms with van der Waals surface area (Å²) in [6, 6.07) is 3.44. The van der Waals surface area contributed by atoms with Gasteiger partial charge in [0.1, 0.15) is 5.82 Å². The molecule has 1 amide bonds. The van der Waals surface area contributed by atoms with Gasteiger partial charge in [-0.25, -0.2) is 9.78 Å². The first-order chi connectivity index (χ1) is 16.9. The highest BCUT2D eigenvalue weighted by molar-refractivity contribution is 6.35. The first kappa shape index (κ1) is 23.8. The smallest absolute Gasteiger partial charge is 0.358 e. The van der Waals surface area contributed by atoms with E-state index in [0.29, 0.717) is 48.4 Å². The summed E-state index contributed by atoms with van der Waals surface area (Å²) >= 11 is 12.7. The van der Waals surface area contributed by atoms with E-state index in [2.05, 4.69) is 9.97 Å². The van der Waals surface area contributed by atoms with Crippen LogP contribution in [-0.4, -0.2) is 70.1 Å². The molecule has 35 heavy (non-hydrogen) atoms. The van der Waals surface area contributed by atoms with Crippen molar-refractivity contribution >= 4 is 46.5 Å². The molecule has 9 nitrogen and oxygen atoms in total. The van der Waals surface area contributed by atoms with Gasteiger partial charge in [0, 0.05) is 29.3 Å². The average molecular weight is 518 g/mol. The molecule has 1 aromatic carbocycles. The van der Waals surface area contributed by atoms with E-state index < -0.39 is 12.1 Å². The van der Waals surface area contributed by atoms with Gasteiger partial charge in [-0.2, -0.15) is 0 Å². The maximum atomic E-state index is 13.6. The van der Waals surface area contributed by atoms with Gasteiger partial charge in [-0.05, 0) is 43.5 Å². The van der Waals surface area contributed by atoms with E-state index in [1.165, 1.54) is 0 Å². The van der Waals surface area contributed by atoms with Crippen molar-refractivity contribution in [3.05, 3.63) is 57.6 Å². The Morgan fingerprint density at radius 2 is 2.06 bits per heavy atom. The second-order valence-electron chi connectivity index (χ2n) is 8.56. The number of carbonyl (C=O) groups is 2. The Balaban J connectivity index is 1.37. The number of anilines is 1. The number of halogens is 2. The minimum absolute atomic E-state index is 0.0863. The molecule has 0 aliphatic carbocycles. The minimum atomic E-state index is -0.651. The Hall–Kier alpha value is -2.88. The van der Waals surface area contributed by atoms with Crippen molar-refractivity contribution in [2.75, 3.05) is 37.7 Å². The number of aromatic nitrogens is 3. The molecule has 11 heteroatoms.